The second-order valence-electron chi connectivity index (χ2n) is 6.39. The first kappa shape index (κ1) is 15.0. The van der Waals surface area contributed by atoms with Crippen LogP contribution in [0.3, 0.4) is 0 Å². The fraction of sp³-hybridized carbons (Fsp3) is 0.412. The highest BCUT2D eigenvalue weighted by molar-refractivity contribution is 6.21. The van der Waals surface area contributed by atoms with Gasteiger partial charge in [-0.25, -0.2) is 9.29 Å². The third kappa shape index (κ3) is 2.50. The number of rotatable bonds is 3. The Morgan fingerprint density at radius 2 is 1.71 bits per heavy atom. The summed E-state index contributed by atoms with van der Waals surface area (Å²) in [5.74, 6) is -0.443. The maximum Gasteiger partial charge on any atom is 0.258 e. The first-order chi connectivity index (χ1) is 11.6. The number of fused-ring (bicyclic) bond motifs is 1. The molecule has 2 aromatic rings. The van der Waals surface area contributed by atoms with Crippen molar-refractivity contribution in [1.82, 2.24) is 15.2 Å². The molecule has 1 saturated heterocycles. The molecule has 0 unspecified atom stereocenters. The van der Waals surface area contributed by atoms with Gasteiger partial charge in [0.15, 0.2) is 0 Å². The smallest absolute Gasteiger partial charge is 0.258 e. The van der Waals surface area contributed by atoms with Crippen molar-refractivity contribution in [3.8, 4) is 0 Å². The van der Waals surface area contributed by atoms with Crippen LogP contribution in [-0.4, -0.2) is 27.0 Å². The highest BCUT2D eigenvalue weighted by atomic mass is 19.1. The number of hydrogen-bond donors (Lipinski definition) is 1. The molecule has 1 aliphatic carbocycles. The van der Waals surface area contributed by atoms with Crippen molar-refractivity contribution in [2.45, 2.75) is 32.1 Å². The van der Waals surface area contributed by atoms with Crippen molar-refractivity contribution in [1.29, 1.82) is 0 Å². The van der Waals surface area contributed by atoms with Gasteiger partial charge in [-0.1, -0.05) is 25.0 Å². The van der Waals surface area contributed by atoms with Crippen molar-refractivity contribution in [2.24, 2.45) is 11.8 Å². The summed E-state index contributed by atoms with van der Waals surface area (Å²) >= 11 is 0. The average molecular weight is 328 g/mol. The Balaban J connectivity index is 1.55. The van der Waals surface area contributed by atoms with Crippen LogP contribution >= 0.6 is 0 Å². The monoisotopic (exact) mass is 328 g/mol. The van der Waals surface area contributed by atoms with Crippen LogP contribution in [0, 0.1) is 17.7 Å². The molecule has 7 heteroatoms. The number of aromatic amines is 1. The van der Waals surface area contributed by atoms with Crippen LogP contribution in [0.15, 0.2) is 24.3 Å². The summed E-state index contributed by atoms with van der Waals surface area (Å²) in [7, 11) is 0. The van der Waals surface area contributed by atoms with Crippen molar-refractivity contribution >= 4 is 17.8 Å². The predicted octanol–water partition coefficient (Wildman–Crippen LogP) is 2.21. The Morgan fingerprint density at radius 1 is 1.08 bits per heavy atom. The number of nitrogens with zero attached hydrogens (tertiary/aromatic N) is 3. The predicted molar refractivity (Wildman–Crippen MR) is 83.5 cm³/mol. The fourth-order valence-corrected chi connectivity index (χ4v) is 3.62. The zero-order chi connectivity index (χ0) is 16.7. The minimum absolute atomic E-state index is 0.122. The van der Waals surface area contributed by atoms with E-state index in [1.807, 2.05) is 0 Å². The molecule has 1 aliphatic heterocycles. The maximum atomic E-state index is 12.9. The summed E-state index contributed by atoms with van der Waals surface area (Å²) in [5, 5.41) is 6.81. The van der Waals surface area contributed by atoms with E-state index in [9.17, 15) is 14.0 Å². The van der Waals surface area contributed by atoms with Gasteiger partial charge in [0.2, 0.25) is 11.8 Å². The molecular formula is C17H17FN4O2. The third-order valence-corrected chi connectivity index (χ3v) is 4.85. The minimum atomic E-state index is -0.298. The van der Waals surface area contributed by atoms with Gasteiger partial charge in [-0.15, -0.1) is 5.10 Å². The lowest BCUT2D eigenvalue weighted by Crippen LogP contribution is -2.31. The second kappa shape index (κ2) is 5.81. The minimum Gasteiger partial charge on any atom is -0.274 e. The largest absolute Gasteiger partial charge is 0.274 e. The Bertz CT molecular complexity index is 762. The molecule has 1 saturated carbocycles. The van der Waals surface area contributed by atoms with Gasteiger partial charge in [0.1, 0.15) is 11.6 Å². The Labute approximate surface area is 138 Å². The van der Waals surface area contributed by atoms with Gasteiger partial charge in [0.05, 0.1) is 11.8 Å². The molecular weight excluding hydrogens is 311 g/mol. The van der Waals surface area contributed by atoms with E-state index in [0.717, 1.165) is 36.1 Å². The number of amides is 2. The molecule has 1 aromatic heterocycles. The van der Waals surface area contributed by atoms with Crippen LogP contribution < -0.4 is 4.90 Å². The summed E-state index contributed by atoms with van der Waals surface area (Å²) in [5.41, 5.74) is 0.867. The topological polar surface area (TPSA) is 79.0 Å². The van der Waals surface area contributed by atoms with Crippen LogP contribution in [0.2, 0.25) is 0 Å². The highest BCUT2D eigenvalue weighted by Gasteiger charge is 2.50. The van der Waals surface area contributed by atoms with Gasteiger partial charge in [0.25, 0.3) is 5.95 Å². The zero-order valence-corrected chi connectivity index (χ0v) is 13.0. The lowest BCUT2D eigenvalue weighted by Gasteiger charge is -2.19. The number of H-pyrrole nitrogens is 1. The van der Waals surface area contributed by atoms with Gasteiger partial charge in [0, 0.05) is 6.42 Å². The zero-order valence-electron chi connectivity index (χ0n) is 13.0. The van der Waals surface area contributed by atoms with Gasteiger partial charge < -0.3 is 0 Å². The van der Waals surface area contributed by atoms with E-state index in [-0.39, 0.29) is 35.4 Å². The van der Waals surface area contributed by atoms with Crippen molar-refractivity contribution in [3.63, 3.8) is 0 Å². The number of halogens is 1. The molecule has 2 aliphatic rings. The molecule has 6 nitrogen and oxygen atoms in total. The summed E-state index contributed by atoms with van der Waals surface area (Å²) in [6.07, 6.45) is 3.92. The molecule has 1 aromatic carbocycles. The van der Waals surface area contributed by atoms with Gasteiger partial charge >= 0.3 is 0 Å². The molecule has 4 rings (SSSR count). The average Bonchev–Trinajstić information content (AvgIpc) is 3.14. The fourth-order valence-electron chi connectivity index (χ4n) is 3.62. The summed E-state index contributed by atoms with van der Waals surface area (Å²) in [6, 6.07) is 6.09. The van der Waals surface area contributed by atoms with E-state index < -0.39 is 0 Å². The van der Waals surface area contributed by atoms with Crippen LogP contribution in [0.5, 0.6) is 0 Å². The van der Waals surface area contributed by atoms with Crippen LogP contribution in [-0.2, 0) is 16.0 Å². The highest BCUT2D eigenvalue weighted by Crippen LogP contribution is 2.39. The molecule has 2 fully saturated rings. The molecule has 124 valence electrons. The molecule has 0 spiro atoms. The number of carbonyl (C=O) groups is 2. The Kier molecular flexibility index (Phi) is 3.63. The summed E-state index contributed by atoms with van der Waals surface area (Å²) in [4.78, 5) is 30.5. The Hall–Kier alpha value is -2.57. The normalized spacial score (nSPS) is 23.6. The van der Waals surface area contributed by atoms with Gasteiger partial charge in [-0.2, -0.15) is 4.98 Å². The van der Waals surface area contributed by atoms with E-state index in [4.69, 9.17) is 0 Å². The first-order valence-corrected chi connectivity index (χ1v) is 8.17. The quantitative estimate of drug-likeness (QED) is 0.876. The number of carbonyl (C=O) groups excluding carboxylic acids is 2. The van der Waals surface area contributed by atoms with Crippen molar-refractivity contribution in [2.75, 3.05) is 4.90 Å². The molecule has 0 radical (unpaired) electrons. The number of anilines is 1. The van der Waals surface area contributed by atoms with E-state index in [2.05, 4.69) is 15.2 Å². The second-order valence-corrected chi connectivity index (χ2v) is 6.39. The number of hydrogen-bond acceptors (Lipinski definition) is 4. The van der Waals surface area contributed by atoms with E-state index >= 15 is 0 Å². The molecule has 24 heavy (non-hydrogen) atoms. The lowest BCUT2D eigenvalue weighted by atomic mass is 9.81. The first-order valence-electron chi connectivity index (χ1n) is 8.17. The summed E-state index contributed by atoms with van der Waals surface area (Å²) < 4.78 is 12.9. The SMILES string of the molecule is O=C1[C@H]2CCCC[C@H]2C(=O)N1c1n[nH]c(Cc2ccc(F)cc2)n1. The molecule has 1 N–H and O–H groups in total. The maximum absolute atomic E-state index is 12.9. The molecule has 2 amide bonds. The number of nitrogens with one attached hydrogen (secondary N) is 1. The van der Waals surface area contributed by atoms with Crippen LogP contribution in [0.25, 0.3) is 0 Å². The Morgan fingerprint density at radius 3 is 2.33 bits per heavy atom. The van der Waals surface area contributed by atoms with E-state index in [0.29, 0.717) is 12.2 Å². The van der Waals surface area contributed by atoms with Crippen LogP contribution in [0.4, 0.5) is 10.3 Å². The number of imide groups is 1. The van der Waals surface area contributed by atoms with Crippen LogP contribution in [0.1, 0.15) is 37.1 Å². The third-order valence-electron chi connectivity index (χ3n) is 4.85. The van der Waals surface area contributed by atoms with Crippen molar-refractivity contribution < 1.29 is 14.0 Å². The van der Waals surface area contributed by atoms with Gasteiger partial charge in [-0.05, 0) is 30.5 Å². The molecule has 2 atom stereocenters. The molecule has 2 heterocycles. The van der Waals surface area contributed by atoms with E-state index in [1.165, 1.54) is 12.1 Å². The van der Waals surface area contributed by atoms with E-state index in [1.54, 1.807) is 12.1 Å². The van der Waals surface area contributed by atoms with Gasteiger partial charge in [-0.3, -0.25) is 14.7 Å². The lowest BCUT2D eigenvalue weighted by molar-refractivity contribution is -0.122. The van der Waals surface area contributed by atoms with Crippen molar-refractivity contribution in [3.05, 3.63) is 41.5 Å². The molecule has 0 bridgehead atoms. The summed E-state index contributed by atoms with van der Waals surface area (Å²) in [6.45, 7) is 0. The number of aromatic nitrogens is 3. The standard InChI is InChI=1S/C17H17FN4O2/c18-11-7-5-10(6-8-11)9-14-19-17(21-20-14)22-15(23)12-3-1-2-4-13(12)16(22)24/h5-8,12-13H,1-4,9H2,(H,19,20,21)/t12-,13+. The number of benzene rings is 1.